The maximum atomic E-state index is 6.05. The average molecular weight is 862 g/mol. The molecule has 14 heteroatoms. The number of halogens is 2. The summed E-state index contributed by atoms with van der Waals surface area (Å²) in [6.45, 7) is 12.0. The van der Waals surface area contributed by atoms with Crippen molar-refractivity contribution in [2.45, 2.75) is 39.2 Å². The van der Waals surface area contributed by atoms with Crippen molar-refractivity contribution in [3.63, 3.8) is 0 Å². The second-order valence-corrected chi connectivity index (χ2v) is 15.1. The fourth-order valence-corrected chi connectivity index (χ4v) is 9.01. The van der Waals surface area contributed by atoms with Crippen LogP contribution in [0.5, 0.6) is 5.75 Å². The van der Waals surface area contributed by atoms with Gasteiger partial charge in [-0.15, -0.1) is 0 Å². The third-order valence-corrected chi connectivity index (χ3v) is 12.2. The van der Waals surface area contributed by atoms with Crippen LogP contribution in [0.3, 0.4) is 0 Å². The van der Waals surface area contributed by atoms with Gasteiger partial charge in [-0.3, -0.25) is 18.0 Å². The molecule has 2 aliphatic rings. The summed E-state index contributed by atoms with van der Waals surface area (Å²) in [5, 5.41) is 0. The molecule has 11 nitrogen and oxygen atoms in total. The molecule has 0 N–H and O–H groups in total. The van der Waals surface area contributed by atoms with Crippen LogP contribution < -0.4 is 22.0 Å². The first-order valence-electron chi connectivity index (χ1n) is 16.9. The molecule has 4 heterocycles. The normalized spacial score (nSPS) is 16.3. The van der Waals surface area contributed by atoms with E-state index in [1.165, 1.54) is 50.3 Å². The van der Waals surface area contributed by atoms with Crippen molar-refractivity contribution in [2.75, 3.05) is 90.5 Å². The Kier molecular flexibility index (Phi) is 11.9. The number of piperazine rings is 1. The van der Waals surface area contributed by atoms with E-state index in [4.69, 9.17) is 19.7 Å². The number of hydrogen-bond acceptors (Lipinski definition) is 12. The summed E-state index contributed by atoms with van der Waals surface area (Å²) in [6, 6.07) is 9.24. The molecule has 0 spiro atoms. The maximum absolute atomic E-state index is 6.05. The highest BCUT2D eigenvalue weighted by Gasteiger charge is 2.29. The summed E-state index contributed by atoms with van der Waals surface area (Å²) in [7, 11) is 5.98. The van der Waals surface area contributed by atoms with Gasteiger partial charge in [-0.1, -0.05) is 18.9 Å². The van der Waals surface area contributed by atoms with E-state index in [2.05, 4.69) is 111 Å². The van der Waals surface area contributed by atoms with Gasteiger partial charge in [-0.05, 0) is 72.9 Å². The molecule has 2 saturated heterocycles. The zero-order valence-electron chi connectivity index (χ0n) is 29.2. The highest BCUT2D eigenvalue weighted by Crippen LogP contribution is 2.45. The topological polar surface area (TPSA) is 80.2 Å². The van der Waals surface area contributed by atoms with E-state index in [-0.39, 0.29) is 0 Å². The van der Waals surface area contributed by atoms with E-state index >= 15 is 0 Å². The molecule has 2 fully saturated rings. The molecule has 2 aromatic carbocycles. The maximum Gasteiger partial charge on any atom is 0.231 e. The van der Waals surface area contributed by atoms with Crippen molar-refractivity contribution in [3.05, 3.63) is 52.9 Å². The molecular weight excluding hydrogens is 815 g/mol. The SMILES string of the molecule is CCc1cc(N(C)c2ncc(Br)c(N(I)c3ccc4nccnc4c3N(CC)SC)n2)c(OC)cc1N1CCC(N2CCN(C)CC2)CC1. The minimum atomic E-state index is 0.570. The van der Waals surface area contributed by atoms with Gasteiger partial charge in [0, 0.05) is 95.5 Å². The number of hydrogen-bond donors (Lipinski definition) is 0. The van der Waals surface area contributed by atoms with Crippen LogP contribution in [0.15, 0.2) is 47.3 Å². The van der Waals surface area contributed by atoms with Gasteiger partial charge in [0.1, 0.15) is 11.3 Å². The van der Waals surface area contributed by atoms with E-state index in [1.807, 2.05) is 24.2 Å². The lowest BCUT2D eigenvalue weighted by molar-refractivity contribution is 0.0982. The Morgan fingerprint density at radius 2 is 1.73 bits per heavy atom. The first-order chi connectivity index (χ1) is 23.8. The minimum Gasteiger partial charge on any atom is -0.494 e. The second kappa shape index (κ2) is 16.1. The summed E-state index contributed by atoms with van der Waals surface area (Å²) >= 11 is 7.73. The molecule has 262 valence electrons. The van der Waals surface area contributed by atoms with Crippen molar-refractivity contribution >= 4 is 96.3 Å². The largest absolute Gasteiger partial charge is 0.494 e. The van der Waals surface area contributed by atoms with Gasteiger partial charge in [0.15, 0.2) is 5.82 Å². The number of methoxy groups -OCH3 is 1. The van der Waals surface area contributed by atoms with E-state index in [0.717, 1.165) is 70.2 Å². The number of likely N-dealkylation sites (N-methyl/N-ethyl adjacent to an activating group) is 1. The summed E-state index contributed by atoms with van der Waals surface area (Å²) in [4.78, 5) is 28.9. The number of anilines is 6. The van der Waals surface area contributed by atoms with E-state index < -0.39 is 0 Å². The Balaban J connectivity index is 1.28. The summed E-state index contributed by atoms with van der Waals surface area (Å²) in [6.07, 6.45) is 10.7. The number of aromatic nitrogens is 4. The highest BCUT2D eigenvalue weighted by atomic mass is 127. The van der Waals surface area contributed by atoms with Crippen molar-refractivity contribution in [3.8, 4) is 5.75 Å². The lowest BCUT2D eigenvalue weighted by Gasteiger charge is -2.43. The standard InChI is InChI=1S/C35H46BrIN10OS/c1-7-24-21-30(31(48-5)22-29(24)45-15-11-25(12-16-45)44-19-17-42(3)18-20-44)43(4)35-40-23-26(36)34(41-35)47(37)28-10-9-27-32(39-14-13-38-27)33(28)46(8-2)49-6/h9-10,13-14,21-23,25H,7-8,11-12,15-20H2,1-6H3. The number of rotatable bonds is 11. The summed E-state index contributed by atoms with van der Waals surface area (Å²) in [5.74, 6) is 2.11. The zero-order valence-corrected chi connectivity index (χ0v) is 33.8. The molecule has 0 saturated carbocycles. The van der Waals surface area contributed by atoms with Crippen LogP contribution in [0.2, 0.25) is 0 Å². The van der Waals surface area contributed by atoms with Crippen molar-refractivity contribution in [2.24, 2.45) is 0 Å². The molecule has 2 aromatic heterocycles. The fourth-order valence-electron chi connectivity index (χ4n) is 6.93. The van der Waals surface area contributed by atoms with Gasteiger partial charge >= 0.3 is 0 Å². The van der Waals surface area contributed by atoms with Crippen LogP contribution >= 0.6 is 50.7 Å². The van der Waals surface area contributed by atoms with Crippen molar-refractivity contribution in [1.82, 2.24) is 29.7 Å². The number of nitrogens with zero attached hydrogens (tertiary/aromatic N) is 10. The van der Waals surface area contributed by atoms with E-state index in [1.54, 1.807) is 31.5 Å². The minimum absolute atomic E-state index is 0.570. The van der Waals surface area contributed by atoms with E-state index in [0.29, 0.717) is 12.0 Å². The lowest BCUT2D eigenvalue weighted by atomic mass is 9.99. The zero-order chi connectivity index (χ0) is 34.7. The molecule has 2 aliphatic heterocycles. The van der Waals surface area contributed by atoms with Crippen LogP contribution in [0.1, 0.15) is 32.3 Å². The van der Waals surface area contributed by atoms with Crippen LogP contribution in [0.25, 0.3) is 11.0 Å². The van der Waals surface area contributed by atoms with Gasteiger partial charge < -0.3 is 23.7 Å². The smallest absolute Gasteiger partial charge is 0.231 e. The third-order valence-electron chi connectivity index (χ3n) is 9.74. The molecule has 0 aliphatic carbocycles. The Hall–Kier alpha value is -2.66. The Labute approximate surface area is 317 Å². The van der Waals surface area contributed by atoms with Gasteiger partial charge in [0.05, 0.1) is 57.0 Å². The van der Waals surface area contributed by atoms with Gasteiger partial charge in [0.2, 0.25) is 5.95 Å². The van der Waals surface area contributed by atoms with Crippen LogP contribution in [-0.2, 0) is 6.42 Å². The first kappa shape index (κ1) is 36.1. The van der Waals surface area contributed by atoms with Crippen LogP contribution in [0.4, 0.5) is 34.5 Å². The molecule has 49 heavy (non-hydrogen) atoms. The molecular formula is C35H46BrIN10OS. The number of fused-ring (bicyclic) bond motifs is 1. The molecule has 4 aromatic rings. The molecule has 0 atom stereocenters. The Morgan fingerprint density at radius 3 is 2.41 bits per heavy atom. The number of piperidine rings is 1. The second-order valence-electron chi connectivity index (χ2n) is 12.5. The third kappa shape index (κ3) is 7.53. The Morgan fingerprint density at radius 1 is 1.00 bits per heavy atom. The number of benzene rings is 2. The predicted molar refractivity (Wildman–Crippen MR) is 217 cm³/mol. The van der Waals surface area contributed by atoms with Gasteiger partial charge in [0.25, 0.3) is 0 Å². The molecule has 0 unspecified atom stereocenters. The van der Waals surface area contributed by atoms with Crippen LogP contribution in [-0.4, -0.2) is 109 Å². The monoisotopic (exact) mass is 860 g/mol. The molecule has 0 bridgehead atoms. The lowest BCUT2D eigenvalue weighted by Crippen LogP contribution is -2.52. The van der Waals surface area contributed by atoms with Gasteiger partial charge in [-0.25, -0.2) is 4.98 Å². The molecule has 0 amide bonds. The molecule has 6 rings (SSSR count). The van der Waals surface area contributed by atoms with Crippen molar-refractivity contribution < 1.29 is 4.74 Å². The quantitative estimate of drug-likeness (QED) is 0.0862. The van der Waals surface area contributed by atoms with E-state index in [9.17, 15) is 0 Å². The fraction of sp³-hybridized carbons (Fsp3) is 0.486. The van der Waals surface area contributed by atoms with Crippen LogP contribution in [0, 0.1) is 0 Å². The average Bonchev–Trinajstić information content (AvgIpc) is 3.14. The Bertz CT molecular complexity index is 1750. The van der Waals surface area contributed by atoms with Crippen molar-refractivity contribution in [1.29, 1.82) is 0 Å². The number of aryl methyl sites for hydroxylation is 1. The summed E-state index contributed by atoms with van der Waals surface area (Å²) < 4.78 is 11.1. The predicted octanol–water partition coefficient (Wildman–Crippen LogP) is 7.33. The molecule has 0 radical (unpaired) electrons. The number of ether oxygens (including phenoxy) is 1. The highest BCUT2D eigenvalue weighted by molar-refractivity contribution is 14.1. The summed E-state index contributed by atoms with van der Waals surface area (Å²) in [5.41, 5.74) is 7.16. The van der Waals surface area contributed by atoms with Gasteiger partial charge in [-0.2, -0.15) is 4.98 Å². The first-order valence-corrected chi connectivity index (χ1v) is 19.9.